The zero-order chi connectivity index (χ0) is 12.4. The fourth-order valence-corrected chi connectivity index (χ4v) is 1.92. The van der Waals surface area contributed by atoms with Crippen molar-refractivity contribution < 1.29 is 4.74 Å². The summed E-state index contributed by atoms with van der Waals surface area (Å²) in [5.74, 6) is 0.830. The van der Waals surface area contributed by atoms with Gasteiger partial charge in [0.25, 0.3) is 0 Å². The third kappa shape index (κ3) is 2.37. The molecule has 0 aliphatic heterocycles. The van der Waals surface area contributed by atoms with E-state index in [2.05, 4.69) is 6.07 Å². The van der Waals surface area contributed by atoms with E-state index in [0.717, 1.165) is 16.9 Å². The quantitative estimate of drug-likeness (QED) is 0.817. The maximum absolute atomic E-state index is 6.03. The van der Waals surface area contributed by atoms with Crippen LogP contribution < -0.4 is 10.5 Å². The number of benzene rings is 2. The highest BCUT2D eigenvalue weighted by Gasteiger charge is 2.07. The number of aryl methyl sites for hydroxylation is 1. The Morgan fingerprint density at radius 2 is 1.88 bits per heavy atom. The molecule has 2 aromatic carbocycles. The van der Waals surface area contributed by atoms with Crippen LogP contribution in [0.2, 0.25) is 5.02 Å². The van der Waals surface area contributed by atoms with Crippen LogP contribution in [0.25, 0.3) is 11.1 Å². The van der Waals surface area contributed by atoms with Crippen molar-refractivity contribution in [3.63, 3.8) is 0 Å². The maximum Gasteiger partial charge on any atom is 0.126 e. The molecule has 0 spiro atoms. The van der Waals surface area contributed by atoms with Crippen LogP contribution in [0.15, 0.2) is 36.4 Å². The molecule has 0 radical (unpaired) electrons. The summed E-state index contributed by atoms with van der Waals surface area (Å²) < 4.78 is 5.35. The molecule has 2 rings (SSSR count). The highest BCUT2D eigenvalue weighted by molar-refractivity contribution is 6.33. The molecule has 17 heavy (non-hydrogen) atoms. The van der Waals surface area contributed by atoms with Crippen molar-refractivity contribution in [3.8, 4) is 16.9 Å². The number of methoxy groups -OCH3 is 1. The SMILES string of the molecule is COc1ccc(C)cc1-c1ccc(N)c(Cl)c1. The van der Waals surface area contributed by atoms with Gasteiger partial charge in [0.2, 0.25) is 0 Å². The van der Waals surface area contributed by atoms with E-state index < -0.39 is 0 Å². The Morgan fingerprint density at radius 1 is 1.12 bits per heavy atom. The van der Waals surface area contributed by atoms with Crippen LogP contribution in [0.5, 0.6) is 5.75 Å². The van der Waals surface area contributed by atoms with E-state index in [0.29, 0.717) is 10.7 Å². The van der Waals surface area contributed by atoms with Gasteiger partial charge in [0.15, 0.2) is 0 Å². The Kier molecular flexibility index (Phi) is 3.25. The molecular weight excluding hydrogens is 234 g/mol. The number of nitrogen functional groups attached to an aromatic ring is 1. The van der Waals surface area contributed by atoms with Crippen LogP contribution in [0.3, 0.4) is 0 Å². The summed E-state index contributed by atoms with van der Waals surface area (Å²) >= 11 is 6.03. The number of nitrogens with two attached hydrogens (primary N) is 1. The van der Waals surface area contributed by atoms with Crippen molar-refractivity contribution in [1.82, 2.24) is 0 Å². The summed E-state index contributed by atoms with van der Waals surface area (Å²) in [6, 6.07) is 11.6. The van der Waals surface area contributed by atoms with E-state index >= 15 is 0 Å². The lowest BCUT2D eigenvalue weighted by Gasteiger charge is -2.10. The zero-order valence-corrected chi connectivity index (χ0v) is 10.6. The topological polar surface area (TPSA) is 35.2 Å². The van der Waals surface area contributed by atoms with Crippen molar-refractivity contribution in [2.45, 2.75) is 6.92 Å². The highest BCUT2D eigenvalue weighted by Crippen LogP contribution is 2.33. The summed E-state index contributed by atoms with van der Waals surface area (Å²) in [6.07, 6.45) is 0. The smallest absolute Gasteiger partial charge is 0.126 e. The van der Waals surface area contributed by atoms with Gasteiger partial charge in [-0.05, 0) is 36.8 Å². The van der Waals surface area contributed by atoms with E-state index in [1.807, 2.05) is 31.2 Å². The predicted molar refractivity (Wildman–Crippen MR) is 72.6 cm³/mol. The molecule has 3 heteroatoms. The number of rotatable bonds is 2. The molecule has 2 nitrogen and oxygen atoms in total. The summed E-state index contributed by atoms with van der Waals surface area (Å²) in [5, 5.41) is 0.561. The highest BCUT2D eigenvalue weighted by atomic mass is 35.5. The van der Waals surface area contributed by atoms with Crippen LogP contribution in [-0.4, -0.2) is 7.11 Å². The van der Waals surface area contributed by atoms with Gasteiger partial charge in [0.1, 0.15) is 5.75 Å². The van der Waals surface area contributed by atoms with Crippen molar-refractivity contribution in [3.05, 3.63) is 47.0 Å². The van der Waals surface area contributed by atoms with Gasteiger partial charge < -0.3 is 10.5 Å². The first-order chi connectivity index (χ1) is 8.11. The maximum atomic E-state index is 6.03. The van der Waals surface area contributed by atoms with Gasteiger partial charge in [-0.2, -0.15) is 0 Å². The van der Waals surface area contributed by atoms with E-state index in [1.54, 1.807) is 13.2 Å². The van der Waals surface area contributed by atoms with Gasteiger partial charge in [-0.3, -0.25) is 0 Å². The predicted octanol–water partition coefficient (Wildman–Crippen LogP) is 3.91. The molecular formula is C14H14ClNO. The largest absolute Gasteiger partial charge is 0.496 e. The number of hydrogen-bond acceptors (Lipinski definition) is 2. The first-order valence-corrected chi connectivity index (χ1v) is 5.69. The Balaban J connectivity index is 2.58. The molecule has 2 aromatic rings. The van der Waals surface area contributed by atoms with Gasteiger partial charge in [-0.15, -0.1) is 0 Å². The Hall–Kier alpha value is -1.67. The first kappa shape index (κ1) is 11.8. The summed E-state index contributed by atoms with van der Waals surface area (Å²) in [6.45, 7) is 2.04. The Bertz CT molecular complexity index is 552. The molecule has 0 heterocycles. The van der Waals surface area contributed by atoms with E-state index in [1.165, 1.54) is 5.56 Å². The number of hydrogen-bond donors (Lipinski definition) is 1. The number of anilines is 1. The molecule has 0 aliphatic carbocycles. The lowest BCUT2D eigenvalue weighted by molar-refractivity contribution is 0.416. The second-order valence-electron chi connectivity index (χ2n) is 3.94. The Morgan fingerprint density at radius 3 is 2.53 bits per heavy atom. The molecule has 0 amide bonds. The fraction of sp³-hybridized carbons (Fsp3) is 0.143. The number of halogens is 1. The van der Waals surface area contributed by atoms with Crippen molar-refractivity contribution >= 4 is 17.3 Å². The monoisotopic (exact) mass is 247 g/mol. The Labute approximate surface area is 106 Å². The van der Waals surface area contributed by atoms with Crippen molar-refractivity contribution in [1.29, 1.82) is 0 Å². The summed E-state index contributed by atoms with van der Waals surface area (Å²) in [5.41, 5.74) is 9.49. The van der Waals surface area contributed by atoms with Crippen LogP contribution in [0.4, 0.5) is 5.69 Å². The third-order valence-electron chi connectivity index (χ3n) is 2.67. The molecule has 2 N–H and O–H groups in total. The van der Waals surface area contributed by atoms with E-state index in [-0.39, 0.29) is 0 Å². The second kappa shape index (κ2) is 4.68. The zero-order valence-electron chi connectivity index (χ0n) is 9.83. The van der Waals surface area contributed by atoms with Crippen molar-refractivity contribution in [2.24, 2.45) is 0 Å². The van der Waals surface area contributed by atoms with Crippen LogP contribution in [-0.2, 0) is 0 Å². The van der Waals surface area contributed by atoms with Gasteiger partial charge in [-0.1, -0.05) is 29.3 Å². The molecule has 0 atom stereocenters. The summed E-state index contributed by atoms with van der Waals surface area (Å²) in [7, 11) is 1.66. The lowest BCUT2D eigenvalue weighted by Crippen LogP contribution is -1.90. The molecule has 88 valence electrons. The molecule has 0 fully saturated rings. The van der Waals surface area contributed by atoms with Gasteiger partial charge in [-0.25, -0.2) is 0 Å². The minimum atomic E-state index is 0.561. The van der Waals surface area contributed by atoms with Crippen LogP contribution >= 0.6 is 11.6 Å². The molecule has 0 bridgehead atoms. The van der Waals surface area contributed by atoms with Crippen LogP contribution in [0, 0.1) is 6.92 Å². The number of ether oxygens (including phenoxy) is 1. The second-order valence-corrected chi connectivity index (χ2v) is 4.35. The van der Waals surface area contributed by atoms with Gasteiger partial charge in [0.05, 0.1) is 17.8 Å². The normalized spacial score (nSPS) is 10.3. The average Bonchev–Trinajstić information content (AvgIpc) is 2.32. The third-order valence-corrected chi connectivity index (χ3v) is 2.99. The standard InChI is InChI=1S/C14H14ClNO/c1-9-3-6-14(17-2)11(7-9)10-4-5-13(16)12(15)8-10/h3-8H,16H2,1-2H3. The van der Waals surface area contributed by atoms with Crippen molar-refractivity contribution in [2.75, 3.05) is 12.8 Å². The first-order valence-electron chi connectivity index (χ1n) is 5.32. The lowest BCUT2D eigenvalue weighted by atomic mass is 10.0. The van der Waals surface area contributed by atoms with Crippen LogP contribution in [0.1, 0.15) is 5.56 Å². The molecule has 0 aromatic heterocycles. The minimum Gasteiger partial charge on any atom is -0.496 e. The van der Waals surface area contributed by atoms with Gasteiger partial charge in [0, 0.05) is 5.56 Å². The van der Waals surface area contributed by atoms with Gasteiger partial charge >= 0.3 is 0 Å². The fourth-order valence-electron chi connectivity index (χ4n) is 1.74. The molecule has 0 saturated carbocycles. The van der Waals surface area contributed by atoms with E-state index in [4.69, 9.17) is 22.1 Å². The minimum absolute atomic E-state index is 0.561. The average molecular weight is 248 g/mol. The van der Waals surface area contributed by atoms with E-state index in [9.17, 15) is 0 Å². The molecule has 0 saturated heterocycles. The molecule has 0 aliphatic rings. The summed E-state index contributed by atoms with van der Waals surface area (Å²) in [4.78, 5) is 0. The molecule has 0 unspecified atom stereocenters.